The van der Waals surface area contributed by atoms with Gasteiger partial charge in [-0.2, -0.15) is 0 Å². The van der Waals surface area contributed by atoms with Gasteiger partial charge in [-0.25, -0.2) is 0 Å². The molecule has 1 amide bonds. The summed E-state index contributed by atoms with van der Waals surface area (Å²) in [6, 6.07) is 0. The Balaban J connectivity index is 1.98. The molecule has 0 bridgehead atoms. The van der Waals surface area contributed by atoms with Crippen molar-refractivity contribution < 1.29 is 4.79 Å². The molecular formula is C10H17NO. The highest BCUT2D eigenvalue weighted by molar-refractivity contribution is 5.74. The van der Waals surface area contributed by atoms with Crippen LogP contribution >= 0.6 is 0 Å². The van der Waals surface area contributed by atoms with E-state index in [1.165, 1.54) is 6.42 Å². The molecule has 0 N–H and O–H groups in total. The highest BCUT2D eigenvalue weighted by atomic mass is 16.2. The minimum atomic E-state index is 0.243. The lowest BCUT2D eigenvalue weighted by Crippen LogP contribution is -2.68. The summed E-state index contributed by atoms with van der Waals surface area (Å²) in [6.45, 7) is 8.34. The molecule has 12 heavy (non-hydrogen) atoms. The van der Waals surface area contributed by atoms with Crippen molar-refractivity contribution in [3.63, 3.8) is 0 Å². The average molecular weight is 167 g/mol. The van der Waals surface area contributed by atoms with Gasteiger partial charge in [-0.3, -0.25) is 4.79 Å². The van der Waals surface area contributed by atoms with Crippen LogP contribution in [0, 0.1) is 17.3 Å². The molecule has 1 aliphatic heterocycles. The molecule has 2 aliphatic rings. The lowest BCUT2D eigenvalue weighted by atomic mass is 9.50. The number of likely N-dealkylation sites (tertiary alicyclic amines) is 1. The molecule has 0 aromatic heterocycles. The van der Waals surface area contributed by atoms with Crippen LogP contribution in [-0.4, -0.2) is 23.9 Å². The molecule has 1 saturated carbocycles. The van der Waals surface area contributed by atoms with Crippen molar-refractivity contribution in [3.05, 3.63) is 0 Å². The molecule has 1 spiro atoms. The second-order valence-electron chi connectivity index (χ2n) is 4.65. The van der Waals surface area contributed by atoms with Crippen molar-refractivity contribution in [1.82, 2.24) is 4.90 Å². The first-order chi connectivity index (χ1) is 5.56. The smallest absolute Gasteiger partial charge is 0.219 e. The predicted molar refractivity (Wildman–Crippen MR) is 47.6 cm³/mol. The first-order valence-corrected chi connectivity index (χ1v) is 4.82. The van der Waals surface area contributed by atoms with E-state index < -0.39 is 0 Å². The summed E-state index contributed by atoms with van der Waals surface area (Å²) in [5.41, 5.74) is 0.520. The maximum atomic E-state index is 11.0. The number of nitrogens with zero attached hydrogens (tertiary/aromatic N) is 1. The van der Waals surface area contributed by atoms with Crippen molar-refractivity contribution >= 4 is 5.91 Å². The maximum absolute atomic E-state index is 11.0. The molecule has 2 atom stereocenters. The summed E-state index contributed by atoms with van der Waals surface area (Å²) in [6.07, 6.45) is 1.35. The SMILES string of the molecule is CC(=O)N1CC2(C1)C(C)CC2C. The average Bonchev–Trinajstić information content (AvgIpc) is 1.82. The minimum absolute atomic E-state index is 0.243. The van der Waals surface area contributed by atoms with E-state index in [9.17, 15) is 4.79 Å². The van der Waals surface area contributed by atoms with Crippen molar-refractivity contribution in [3.8, 4) is 0 Å². The van der Waals surface area contributed by atoms with Gasteiger partial charge in [-0.15, -0.1) is 0 Å². The van der Waals surface area contributed by atoms with E-state index in [1.54, 1.807) is 6.92 Å². The third-order valence-electron chi connectivity index (χ3n) is 4.09. The predicted octanol–water partition coefficient (Wildman–Crippen LogP) is 1.51. The first kappa shape index (κ1) is 8.09. The van der Waals surface area contributed by atoms with E-state index in [1.807, 2.05) is 4.90 Å². The monoisotopic (exact) mass is 167 g/mol. The van der Waals surface area contributed by atoms with Crippen molar-refractivity contribution in [2.24, 2.45) is 17.3 Å². The zero-order valence-electron chi connectivity index (χ0n) is 8.13. The normalized spacial score (nSPS) is 37.4. The molecule has 2 nitrogen and oxygen atoms in total. The Morgan fingerprint density at radius 3 is 2.17 bits per heavy atom. The van der Waals surface area contributed by atoms with Crippen LogP contribution in [0.2, 0.25) is 0 Å². The van der Waals surface area contributed by atoms with Gasteiger partial charge in [0.2, 0.25) is 5.91 Å². The zero-order chi connectivity index (χ0) is 8.93. The van der Waals surface area contributed by atoms with E-state index in [4.69, 9.17) is 0 Å². The van der Waals surface area contributed by atoms with Gasteiger partial charge in [0.15, 0.2) is 0 Å². The molecule has 0 aromatic carbocycles. The number of rotatable bonds is 0. The molecule has 1 saturated heterocycles. The van der Waals surface area contributed by atoms with Crippen LogP contribution in [0.5, 0.6) is 0 Å². The van der Waals surface area contributed by atoms with Crippen molar-refractivity contribution in [2.45, 2.75) is 27.2 Å². The maximum Gasteiger partial charge on any atom is 0.219 e. The van der Waals surface area contributed by atoms with Gasteiger partial charge in [-0.1, -0.05) is 13.8 Å². The van der Waals surface area contributed by atoms with Gasteiger partial charge in [-0.05, 0) is 18.3 Å². The summed E-state index contributed by atoms with van der Waals surface area (Å²) in [4.78, 5) is 13.0. The van der Waals surface area contributed by atoms with Crippen molar-refractivity contribution in [2.75, 3.05) is 13.1 Å². The number of carbonyl (C=O) groups excluding carboxylic acids is 1. The molecule has 0 aromatic rings. The van der Waals surface area contributed by atoms with E-state index >= 15 is 0 Å². The second-order valence-corrected chi connectivity index (χ2v) is 4.65. The molecule has 2 heteroatoms. The van der Waals surface area contributed by atoms with E-state index in [0.29, 0.717) is 5.41 Å². The van der Waals surface area contributed by atoms with Gasteiger partial charge in [0.05, 0.1) is 0 Å². The van der Waals surface area contributed by atoms with Crippen LogP contribution in [0.3, 0.4) is 0 Å². The molecular weight excluding hydrogens is 150 g/mol. The first-order valence-electron chi connectivity index (χ1n) is 4.82. The Morgan fingerprint density at radius 2 is 1.83 bits per heavy atom. The van der Waals surface area contributed by atoms with Crippen LogP contribution in [0.25, 0.3) is 0 Å². The van der Waals surface area contributed by atoms with Gasteiger partial charge in [0.25, 0.3) is 0 Å². The Kier molecular flexibility index (Phi) is 1.51. The summed E-state index contributed by atoms with van der Waals surface area (Å²) in [5.74, 6) is 1.91. The Morgan fingerprint density at radius 1 is 1.33 bits per heavy atom. The molecule has 1 aliphatic carbocycles. The van der Waals surface area contributed by atoms with Gasteiger partial charge in [0, 0.05) is 25.4 Å². The number of carbonyl (C=O) groups is 1. The number of amides is 1. The van der Waals surface area contributed by atoms with Crippen molar-refractivity contribution in [1.29, 1.82) is 0 Å². The largest absolute Gasteiger partial charge is 0.342 e. The Labute approximate surface area is 73.9 Å². The van der Waals surface area contributed by atoms with Gasteiger partial charge < -0.3 is 4.90 Å². The third-order valence-corrected chi connectivity index (χ3v) is 4.09. The van der Waals surface area contributed by atoms with E-state index in [2.05, 4.69) is 13.8 Å². The van der Waals surface area contributed by atoms with Crippen LogP contribution < -0.4 is 0 Å². The van der Waals surface area contributed by atoms with Crippen LogP contribution in [-0.2, 0) is 4.79 Å². The van der Waals surface area contributed by atoms with Crippen LogP contribution in [0.15, 0.2) is 0 Å². The zero-order valence-corrected chi connectivity index (χ0v) is 8.13. The Bertz CT molecular complexity index is 208. The quantitative estimate of drug-likeness (QED) is 0.535. The number of hydrogen-bond donors (Lipinski definition) is 0. The summed E-state index contributed by atoms with van der Waals surface area (Å²) < 4.78 is 0. The summed E-state index contributed by atoms with van der Waals surface area (Å²) in [7, 11) is 0. The molecule has 2 unspecified atom stereocenters. The summed E-state index contributed by atoms with van der Waals surface area (Å²) in [5, 5.41) is 0. The molecule has 0 radical (unpaired) electrons. The highest BCUT2D eigenvalue weighted by Gasteiger charge is 2.57. The molecule has 1 heterocycles. The standard InChI is InChI=1S/C10H17NO/c1-7-4-8(2)10(7)5-11(6-10)9(3)12/h7-8H,4-6H2,1-3H3. The van der Waals surface area contributed by atoms with Crippen LogP contribution in [0.4, 0.5) is 0 Å². The molecule has 2 fully saturated rings. The van der Waals surface area contributed by atoms with Gasteiger partial charge in [0.1, 0.15) is 0 Å². The second kappa shape index (κ2) is 2.24. The third kappa shape index (κ3) is 0.782. The topological polar surface area (TPSA) is 20.3 Å². The number of hydrogen-bond acceptors (Lipinski definition) is 1. The lowest BCUT2D eigenvalue weighted by Gasteiger charge is -2.64. The fraction of sp³-hybridized carbons (Fsp3) is 0.900. The lowest BCUT2D eigenvalue weighted by molar-refractivity contribution is -0.172. The minimum Gasteiger partial charge on any atom is -0.342 e. The fourth-order valence-electron chi connectivity index (χ4n) is 2.84. The Hall–Kier alpha value is -0.530. The summed E-state index contributed by atoms with van der Waals surface area (Å²) >= 11 is 0. The molecule has 68 valence electrons. The van der Waals surface area contributed by atoms with Gasteiger partial charge >= 0.3 is 0 Å². The van der Waals surface area contributed by atoms with E-state index in [0.717, 1.165) is 24.9 Å². The highest BCUT2D eigenvalue weighted by Crippen LogP contribution is 2.56. The fourth-order valence-corrected chi connectivity index (χ4v) is 2.84. The van der Waals surface area contributed by atoms with Crippen LogP contribution in [0.1, 0.15) is 27.2 Å². The van der Waals surface area contributed by atoms with E-state index in [-0.39, 0.29) is 5.91 Å². The molecule has 2 rings (SSSR count).